The number of nitrogens with zero attached hydrogens (tertiary/aromatic N) is 5. The van der Waals surface area contributed by atoms with E-state index in [0.717, 1.165) is 23.5 Å². The van der Waals surface area contributed by atoms with Gasteiger partial charge in [0, 0.05) is 17.3 Å². The number of carbonyl (C=O) groups excluding carboxylic acids is 1. The molecule has 3 rings (SSSR count). The second-order valence-electron chi connectivity index (χ2n) is 5.65. The Labute approximate surface area is 139 Å². The monoisotopic (exact) mass is 322 g/mol. The molecule has 0 radical (unpaired) electrons. The van der Waals surface area contributed by atoms with Crippen LogP contribution in [0.4, 0.5) is 11.6 Å². The number of hydrogen-bond acceptors (Lipinski definition) is 6. The van der Waals surface area contributed by atoms with E-state index in [1.54, 1.807) is 30.5 Å². The van der Waals surface area contributed by atoms with Crippen LogP contribution in [-0.2, 0) is 0 Å². The number of benzene rings is 1. The number of aromatic nitrogens is 5. The normalized spacial score (nSPS) is 10.8. The number of rotatable bonds is 5. The molecular weight excluding hydrogens is 304 g/mol. The summed E-state index contributed by atoms with van der Waals surface area (Å²) in [6.07, 6.45) is 4.05. The predicted molar refractivity (Wildman–Crippen MR) is 91.3 cm³/mol. The Bertz CT molecular complexity index is 854. The molecule has 0 bridgehead atoms. The highest BCUT2D eigenvalue weighted by atomic mass is 16.1. The van der Waals surface area contributed by atoms with Crippen LogP contribution in [0, 0.1) is 6.92 Å². The molecule has 0 unspecified atom stereocenters. The van der Waals surface area contributed by atoms with Crippen molar-refractivity contribution in [2.75, 3.05) is 5.32 Å². The average Bonchev–Trinajstić information content (AvgIpc) is 2.98. The van der Waals surface area contributed by atoms with Gasteiger partial charge in [-0.1, -0.05) is 0 Å². The lowest BCUT2D eigenvalue weighted by molar-refractivity contribution is 0.112. The van der Waals surface area contributed by atoms with Gasteiger partial charge in [0.05, 0.1) is 6.20 Å². The van der Waals surface area contributed by atoms with E-state index in [1.165, 1.54) is 6.33 Å². The Morgan fingerprint density at radius 3 is 2.54 bits per heavy atom. The van der Waals surface area contributed by atoms with E-state index in [9.17, 15) is 4.79 Å². The third-order valence-corrected chi connectivity index (χ3v) is 3.60. The van der Waals surface area contributed by atoms with Crippen molar-refractivity contribution < 1.29 is 4.79 Å². The van der Waals surface area contributed by atoms with Crippen LogP contribution in [0.15, 0.2) is 36.8 Å². The second-order valence-corrected chi connectivity index (χ2v) is 5.65. The molecule has 0 spiro atoms. The Hall–Kier alpha value is -3.09. The molecular formula is C17H18N6O. The zero-order chi connectivity index (χ0) is 17.1. The number of hydrogen-bond donors (Lipinski definition) is 1. The van der Waals surface area contributed by atoms with Crippen LogP contribution in [0.25, 0.3) is 11.5 Å². The van der Waals surface area contributed by atoms with Gasteiger partial charge < -0.3 is 9.88 Å². The van der Waals surface area contributed by atoms with Gasteiger partial charge in [-0.2, -0.15) is 4.98 Å². The standard InChI is InChI=1S/C17H18N6O/c1-11(2)23-12(3)18-8-15(23)16-19-10-20-17(22-16)21-14-6-4-13(9-24)5-7-14/h4-11H,1-3H3,(H,19,20,21,22). The Kier molecular flexibility index (Phi) is 4.33. The second kappa shape index (κ2) is 6.57. The number of anilines is 2. The Morgan fingerprint density at radius 1 is 1.12 bits per heavy atom. The van der Waals surface area contributed by atoms with Crippen LogP contribution in [-0.4, -0.2) is 30.8 Å². The predicted octanol–water partition coefficient (Wildman–Crippen LogP) is 3.18. The zero-order valence-electron chi connectivity index (χ0n) is 13.8. The molecule has 2 aromatic heterocycles. The molecule has 24 heavy (non-hydrogen) atoms. The number of imidazole rings is 1. The van der Waals surface area contributed by atoms with E-state index in [0.29, 0.717) is 17.3 Å². The fourth-order valence-electron chi connectivity index (χ4n) is 2.52. The third kappa shape index (κ3) is 3.15. The number of aryl methyl sites for hydroxylation is 1. The summed E-state index contributed by atoms with van der Waals surface area (Å²) >= 11 is 0. The fraction of sp³-hybridized carbons (Fsp3) is 0.235. The van der Waals surface area contributed by atoms with E-state index >= 15 is 0 Å². The first-order valence-corrected chi connectivity index (χ1v) is 7.64. The summed E-state index contributed by atoms with van der Waals surface area (Å²) < 4.78 is 2.08. The average molecular weight is 322 g/mol. The zero-order valence-corrected chi connectivity index (χ0v) is 13.8. The fourth-order valence-corrected chi connectivity index (χ4v) is 2.52. The minimum absolute atomic E-state index is 0.256. The van der Waals surface area contributed by atoms with Crippen molar-refractivity contribution in [2.24, 2.45) is 0 Å². The van der Waals surface area contributed by atoms with Gasteiger partial charge in [-0.25, -0.2) is 15.0 Å². The molecule has 0 saturated carbocycles. The summed E-state index contributed by atoms with van der Waals surface area (Å²) in [7, 11) is 0. The van der Waals surface area contributed by atoms with E-state index in [-0.39, 0.29) is 6.04 Å². The lowest BCUT2D eigenvalue weighted by Gasteiger charge is -2.13. The Morgan fingerprint density at radius 2 is 1.88 bits per heavy atom. The Balaban J connectivity index is 1.90. The summed E-state index contributed by atoms with van der Waals surface area (Å²) in [6.45, 7) is 6.14. The lowest BCUT2D eigenvalue weighted by atomic mass is 10.2. The summed E-state index contributed by atoms with van der Waals surface area (Å²) in [4.78, 5) is 28.0. The van der Waals surface area contributed by atoms with Gasteiger partial charge in [-0.3, -0.25) is 4.79 Å². The smallest absolute Gasteiger partial charge is 0.230 e. The maximum absolute atomic E-state index is 10.7. The number of aldehydes is 1. The van der Waals surface area contributed by atoms with Crippen LogP contribution >= 0.6 is 0 Å². The van der Waals surface area contributed by atoms with Gasteiger partial charge in [0.2, 0.25) is 5.95 Å². The first-order chi connectivity index (χ1) is 11.6. The molecule has 3 aromatic rings. The quantitative estimate of drug-likeness (QED) is 0.726. The van der Waals surface area contributed by atoms with Gasteiger partial charge >= 0.3 is 0 Å². The van der Waals surface area contributed by atoms with E-state index in [1.807, 2.05) is 6.92 Å². The molecule has 0 atom stereocenters. The highest BCUT2D eigenvalue weighted by Gasteiger charge is 2.14. The van der Waals surface area contributed by atoms with Crippen molar-refractivity contribution in [2.45, 2.75) is 26.8 Å². The van der Waals surface area contributed by atoms with Crippen molar-refractivity contribution >= 4 is 17.9 Å². The molecule has 7 nitrogen and oxygen atoms in total. The highest BCUT2D eigenvalue weighted by molar-refractivity contribution is 5.76. The van der Waals surface area contributed by atoms with Gasteiger partial charge in [0.15, 0.2) is 5.82 Å². The molecule has 1 aromatic carbocycles. The first-order valence-electron chi connectivity index (χ1n) is 7.64. The molecule has 0 fully saturated rings. The number of nitrogens with one attached hydrogen (secondary N) is 1. The minimum atomic E-state index is 0.256. The maximum Gasteiger partial charge on any atom is 0.230 e. The van der Waals surface area contributed by atoms with Crippen LogP contribution < -0.4 is 5.32 Å². The molecule has 0 aliphatic carbocycles. The molecule has 0 aliphatic heterocycles. The molecule has 0 amide bonds. The van der Waals surface area contributed by atoms with Crippen molar-refractivity contribution in [3.63, 3.8) is 0 Å². The van der Waals surface area contributed by atoms with Crippen molar-refractivity contribution in [1.29, 1.82) is 0 Å². The molecule has 1 N–H and O–H groups in total. The van der Waals surface area contributed by atoms with Crippen molar-refractivity contribution in [3.05, 3.63) is 48.2 Å². The summed E-state index contributed by atoms with van der Waals surface area (Å²) in [5.41, 5.74) is 2.27. The summed E-state index contributed by atoms with van der Waals surface area (Å²) in [5, 5.41) is 3.11. The van der Waals surface area contributed by atoms with Gasteiger partial charge in [-0.05, 0) is 45.0 Å². The summed E-state index contributed by atoms with van der Waals surface area (Å²) in [5.74, 6) is 1.92. The number of carbonyl (C=O) groups is 1. The van der Waals surface area contributed by atoms with Crippen LogP contribution in [0.2, 0.25) is 0 Å². The van der Waals surface area contributed by atoms with E-state index in [4.69, 9.17) is 0 Å². The van der Waals surface area contributed by atoms with E-state index in [2.05, 4.69) is 43.7 Å². The molecule has 0 aliphatic rings. The van der Waals surface area contributed by atoms with Crippen LogP contribution in [0.5, 0.6) is 0 Å². The lowest BCUT2D eigenvalue weighted by Crippen LogP contribution is -2.07. The van der Waals surface area contributed by atoms with Crippen LogP contribution in [0.1, 0.15) is 36.1 Å². The van der Waals surface area contributed by atoms with Gasteiger partial charge in [0.1, 0.15) is 24.1 Å². The van der Waals surface area contributed by atoms with Gasteiger partial charge in [-0.15, -0.1) is 0 Å². The minimum Gasteiger partial charge on any atom is -0.324 e. The molecule has 0 saturated heterocycles. The van der Waals surface area contributed by atoms with E-state index < -0.39 is 0 Å². The largest absolute Gasteiger partial charge is 0.324 e. The SMILES string of the molecule is Cc1ncc(-c2ncnc(Nc3ccc(C=O)cc3)n2)n1C(C)C. The highest BCUT2D eigenvalue weighted by Crippen LogP contribution is 2.22. The van der Waals surface area contributed by atoms with Crippen LogP contribution in [0.3, 0.4) is 0 Å². The molecule has 7 heteroatoms. The van der Waals surface area contributed by atoms with Crippen molar-refractivity contribution in [3.8, 4) is 11.5 Å². The summed E-state index contributed by atoms with van der Waals surface area (Å²) in [6, 6.07) is 7.32. The van der Waals surface area contributed by atoms with Crippen molar-refractivity contribution in [1.82, 2.24) is 24.5 Å². The maximum atomic E-state index is 10.7. The topological polar surface area (TPSA) is 85.6 Å². The molecule has 122 valence electrons. The third-order valence-electron chi connectivity index (χ3n) is 3.60. The molecule has 2 heterocycles. The van der Waals surface area contributed by atoms with Gasteiger partial charge in [0.25, 0.3) is 0 Å². The first kappa shape index (κ1) is 15.8.